The highest BCUT2D eigenvalue weighted by Gasteiger charge is 2.15. The van der Waals surface area contributed by atoms with E-state index in [2.05, 4.69) is 15.5 Å². The molecule has 8 heteroatoms. The molecule has 1 aromatic carbocycles. The Morgan fingerprint density at radius 2 is 1.93 bits per heavy atom. The number of morpholine rings is 1. The van der Waals surface area contributed by atoms with Gasteiger partial charge in [-0.3, -0.25) is 9.69 Å². The number of carbonyl (C=O) groups is 1. The number of benzene rings is 1. The third kappa shape index (κ3) is 9.10. The van der Waals surface area contributed by atoms with E-state index in [4.69, 9.17) is 14.2 Å². The van der Waals surface area contributed by atoms with E-state index in [-0.39, 0.29) is 30.5 Å². The van der Waals surface area contributed by atoms with Gasteiger partial charge in [0.05, 0.1) is 20.3 Å². The first-order chi connectivity index (χ1) is 12.9. The van der Waals surface area contributed by atoms with Crippen molar-refractivity contribution in [1.82, 2.24) is 15.5 Å². The predicted molar refractivity (Wildman–Crippen MR) is 105 cm³/mol. The van der Waals surface area contributed by atoms with E-state index in [9.17, 15) is 4.79 Å². The molecule has 0 saturated carbocycles. The number of carbonyl (C=O) groups excluding carboxylic acids is 1. The summed E-state index contributed by atoms with van der Waals surface area (Å²) < 4.78 is 16.4. The number of halogens is 1. The fourth-order valence-electron chi connectivity index (χ4n) is 2.83. The zero-order valence-corrected chi connectivity index (χ0v) is 18.1. The number of hydrogen-bond donors (Lipinski definition) is 2. The van der Waals surface area contributed by atoms with Crippen molar-refractivity contribution in [1.29, 1.82) is 0 Å². The van der Waals surface area contributed by atoms with Crippen molar-refractivity contribution in [2.75, 3.05) is 53.1 Å². The molecular weight excluding hydrogens is 382 g/mol. The van der Waals surface area contributed by atoms with Crippen molar-refractivity contribution in [2.45, 2.75) is 32.9 Å². The van der Waals surface area contributed by atoms with Gasteiger partial charge in [0.25, 0.3) is 5.91 Å². The van der Waals surface area contributed by atoms with Crippen LogP contribution in [0.25, 0.3) is 0 Å². The SMILES string of the molecule is COc1cc(CNCCN2CCOCC2)ccc1OCC(=O)NC(C)(C)C.[Cl-]. The van der Waals surface area contributed by atoms with Gasteiger partial charge in [-0.2, -0.15) is 0 Å². The van der Waals surface area contributed by atoms with Crippen LogP contribution in [0.3, 0.4) is 0 Å². The van der Waals surface area contributed by atoms with Crippen molar-refractivity contribution in [3.63, 3.8) is 0 Å². The molecule has 0 aromatic heterocycles. The zero-order chi connectivity index (χ0) is 19.7. The summed E-state index contributed by atoms with van der Waals surface area (Å²) in [4.78, 5) is 14.3. The largest absolute Gasteiger partial charge is 1.00 e. The molecule has 0 spiro atoms. The first kappa shape index (κ1) is 24.5. The summed E-state index contributed by atoms with van der Waals surface area (Å²) in [6, 6.07) is 5.78. The monoisotopic (exact) mass is 414 g/mol. The first-order valence-corrected chi connectivity index (χ1v) is 9.49. The normalized spacial score (nSPS) is 14.9. The molecule has 28 heavy (non-hydrogen) atoms. The molecule has 2 rings (SSSR count). The van der Waals surface area contributed by atoms with Crippen molar-refractivity contribution < 1.29 is 31.4 Å². The Labute approximate surface area is 174 Å². The molecule has 2 N–H and O–H groups in total. The average Bonchev–Trinajstić information content (AvgIpc) is 2.63. The lowest BCUT2D eigenvalue weighted by Crippen LogP contribution is -3.00. The Morgan fingerprint density at radius 3 is 2.57 bits per heavy atom. The highest BCUT2D eigenvalue weighted by molar-refractivity contribution is 5.78. The van der Waals surface area contributed by atoms with Crippen LogP contribution in [0.15, 0.2) is 18.2 Å². The molecule has 0 bridgehead atoms. The van der Waals surface area contributed by atoms with E-state index in [1.807, 2.05) is 39.0 Å². The third-order valence-corrected chi connectivity index (χ3v) is 4.14. The van der Waals surface area contributed by atoms with Gasteiger partial charge in [-0.1, -0.05) is 6.07 Å². The molecule has 1 aliphatic heterocycles. The van der Waals surface area contributed by atoms with Gasteiger partial charge in [-0.15, -0.1) is 0 Å². The minimum Gasteiger partial charge on any atom is -1.00 e. The molecule has 0 aliphatic carbocycles. The number of rotatable bonds is 9. The maximum Gasteiger partial charge on any atom is 0.258 e. The van der Waals surface area contributed by atoms with Crippen molar-refractivity contribution >= 4 is 5.91 Å². The van der Waals surface area contributed by atoms with Gasteiger partial charge >= 0.3 is 0 Å². The lowest BCUT2D eigenvalue weighted by Gasteiger charge is -2.26. The molecule has 1 saturated heterocycles. The number of amides is 1. The van der Waals surface area contributed by atoms with Crippen LogP contribution in [-0.2, 0) is 16.1 Å². The molecule has 0 radical (unpaired) electrons. The average molecular weight is 415 g/mol. The smallest absolute Gasteiger partial charge is 0.258 e. The van der Waals surface area contributed by atoms with Gasteiger partial charge in [0.15, 0.2) is 18.1 Å². The van der Waals surface area contributed by atoms with E-state index in [1.165, 1.54) is 0 Å². The summed E-state index contributed by atoms with van der Waals surface area (Å²) in [6.45, 7) is 12.1. The Bertz CT molecular complexity index is 602. The van der Waals surface area contributed by atoms with Crippen LogP contribution in [0.5, 0.6) is 11.5 Å². The van der Waals surface area contributed by atoms with Gasteiger partial charge in [0.1, 0.15) is 0 Å². The topological polar surface area (TPSA) is 72.1 Å². The molecule has 7 nitrogen and oxygen atoms in total. The highest BCUT2D eigenvalue weighted by atomic mass is 35.5. The van der Waals surface area contributed by atoms with Crippen LogP contribution in [0.2, 0.25) is 0 Å². The van der Waals surface area contributed by atoms with Gasteiger partial charge in [0, 0.05) is 38.3 Å². The quantitative estimate of drug-likeness (QED) is 0.475. The Balaban J connectivity index is 0.00000392. The number of nitrogens with zero attached hydrogens (tertiary/aromatic N) is 1. The van der Waals surface area contributed by atoms with Crippen molar-refractivity contribution in [2.24, 2.45) is 0 Å². The van der Waals surface area contributed by atoms with E-state index in [0.717, 1.165) is 51.5 Å². The van der Waals surface area contributed by atoms with Gasteiger partial charge in [-0.05, 0) is 38.5 Å². The van der Waals surface area contributed by atoms with Crippen LogP contribution in [0, 0.1) is 0 Å². The molecule has 1 aromatic rings. The molecular formula is C20H33ClN3O4-. The Morgan fingerprint density at radius 1 is 1.21 bits per heavy atom. The number of hydrogen-bond acceptors (Lipinski definition) is 6. The fourth-order valence-corrected chi connectivity index (χ4v) is 2.83. The number of nitrogens with one attached hydrogen (secondary N) is 2. The van der Waals surface area contributed by atoms with Crippen LogP contribution in [-0.4, -0.2) is 69.5 Å². The summed E-state index contributed by atoms with van der Waals surface area (Å²) in [5.74, 6) is 1.04. The second-order valence-electron chi connectivity index (χ2n) is 7.70. The lowest BCUT2D eigenvalue weighted by molar-refractivity contribution is -0.124. The molecule has 1 amide bonds. The van der Waals surface area contributed by atoms with Crippen LogP contribution < -0.4 is 32.5 Å². The summed E-state index contributed by atoms with van der Waals surface area (Å²) in [7, 11) is 1.60. The van der Waals surface area contributed by atoms with E-state index in [0.29, 0.717) is 11.5 Å². The molecule has 1 fully saturated rings. The summed E-state index contributed by atoms with van der Waals surface area (Å²) >= 11 is 0. The van der Waals surface area contributed by atoms with Crippen molar-refractivity contribution in [3.8, 4) is 11.5 Å². The van der Waals surface area contributed by atoms with Crippen LogP contribution in [0.4, 0.5) is 0 Å². The van der Waals surface area contributed by atoms with Crippen molar-refractivity contribution in [3.05, 3.63) is 23.8 Å². The van der Waals surface area contributed by atoms with Gasteiger partial charge in [-0.25, -0.2) is 0 Å². The number of methoxy groups -OCH3 is 1. The molecule has 0 atom stereocenters. The molecule has 1 aliphatic rings. The van der Waals surface area contributed by atoms with E-state index >= 15 is 0 Å². The van der Waals surface area contributed by atoms with E-state index < -0.39 is 0 Å². The summed E-state index contributed by atoms with van der Waals surface area (Å²) in [6.07, 6.45) is 0. The standard InChI is InChI=1S/C20H33N3O4.ClH/c1-20(2,3)22-19(24)15-27-17-6-5-16(13-18(17)25-4)14-21-7-8-23-9-11-26-12-10-23;/h5-6,13,21H,7-12,14-15H2,1-4H3,(H,22,24);1H/p-1. The van der Waals surface area contributed by atoms with Gasteiger partial charge < -0.3 is 37.3 Å². The minimum atomic E-state index is -0.277. The van der Waals surface area contributed by atoms with Gasteiger partial charge in [0.2, 0.25) is 0 Å². The van der Waals surface area contributed by atoms with Crippen LogP contribution >= 0.6 is 0 Å². The lowest BCUT2D eigenvalue weighted by atomic mass is 10.1. The minimum absolute atomic E-state index is 0. The Hall–Kier alpha value is -1.54. The fraction of sp³-hybridized carbons (Fsp3) is 0.650. The molecule has 0 unspecified atom stereocenters. The van der Waals surface area contributed by atoms with E-state index in [1.54, 1.807) is 7.11 Å². The van der Waals surface area contributed by atoms with Crippen LogP contribution in [0.1, 0.15) is 26.3 Å². The maximum absolute atomic E-state index is 11.9. The predicted octanol–water partition coefficient (Wildman–Crippen LogP) is -1.59. The second-order valence-corrected chi connectivity index (χ2v) is 7.70. The second kappa shape index (κ2) is 12.1. The maximum atomic E-state index is 11.9. The molecule has 160 valence electrons. The summed E-state index contributed by atoms with van der Waals surface area (Å²) in [5, 5.41) is 6.33. The highest BCUT2D eigenvalue weighted by Crippen LogP contribution is 2.28. The number of ether oxygens (including phenoxy) is 3. The zero-order valence-electron chi connectivity index (χ0n) is 17.3. The molecule has 1 heterocycles. The Kier molecular flexibility index (Phi) is 10.6. The first-order valence-electron chi connectivity index (χ1n) is 9.49. The summed E-state index contributed by atoms with van der Waals surface area (Å²) in [5.41, 5.74) is 0.835. The third-order valence-electron chi connectivity index (χ3n) is 4.14.